The quantitative estimate of drug-likeness (QED) is 0.243. The number of anilines is 2. The van der Waals surface area contributed by atoms with Gasteiger partial charge in [-0.05, 0) is 37.9 Å². The summed E-state index contributed by atoms with van der Waals surface area (Å²) in [6.07, 6.45) is -2.23. The Morgan fingerprint density at radius 3 is 2.81 bits per heavy atom. The van der Waals surface area contributed by atoms with Gasteiger partial charge in [-0.25, -0.2) is 9.37 Å². The first kappa shape index (κ1) is 28.4. The molecule has 4 aliphatic heterocycles. The van der Waals surface area contributed by atoms with Crippen molar-refractivity contribution in [2.45, 2.75) is 37.0 Å². The molecule has 14 heteroatoms. The number of alkyl halides is 3. The molecule has 0 bridgehead atoms. The number of hydrogen-bond donors (Lipinski definition) is 1. The summed E-state index contributed by atoms with van der Waals surface area (Å²) < 4.78 is 77.1. The Balaban J connectivity index is 1.42. The monoisotopic (exact) mass is 620 g/mol. The van der Waals surface area contributed by atoms with Crippen molar-refractivity contribution < 1.29 is 31.8 Å². The number of pyridine rings is 1. The van der Waals surface area contributed by atoms with E-state index in [1.54, 1.807) is 7.05 Å². The summed E-state index contributed by atoms with van der Waals surface area (Å²) in [6.45, 7) is 7.06. The molecule has 0 unspecified atom stereocenters. The maximum Gasteiger partial charge on any atom is 0.418 e. The average Bonchev–Trinajstić information content (AvgIpc) is 3.63. The van der Waals surface area contributed by atoms with Gasteiger partial charge in [0.25, 0.3) is 0 Å². The smallest absolute Gasteiger partial charge is 0.418 e. The van der Waals surface area contributed by atoms with Crippen LogP contribution < -0.4 is 20.1 Å². The molecule has 0 aliphatic carbocycles. The number of nitrogens with two attached hydrogens (primary N) is 1. The van der Waals surface area contributed by atoms with E-state index in [-0.39, 0.29) is 65.0 Å². The van der Waals surface area contributed by atoms with E-state index in [2.05, 4.69) is 26.4 Å². The van der Waals surface area contributed by atoms with E-state index in [4.69, 9.17) is 31.5 Å². The van der Waals surface area contributed by atoms with Crippen molar-refractivity contribution in [3.8, 4) is 23.1 Å². The van der Waals surface area contributed by atoms with Gasteiger partial charge in [-0.1, -0.05) is 23.8 Å². The SMILES string of the molecule is C=C1CN2CCC[C@@]2(COc2nc3c4c(nc(-c5cc(N)cc(Cl)c5C(F)(F)F)c(F)c4n2)OC[C@@H]2COC[C@H]2N3C)C1. The van der Waals surface area contributed by atoms with Gasteiger partial charge in [0.15, 0.2) is 5.82 Å². The Hall–Kier alpha value is -3.42. The highest BCUT2D eigenvalue weighted by Crippen LogP contribution is 2.47. The van der Waals surface area contributed by atoms with Crippen LogP contribution in [-0.2, 0) is 10.9 Å². The van der Waals surface area contributed by atoms with Crippen LogP contribution in [0.25, 0.3) is 22.2 Å². The fourth-order valence-electron chi connectivity index (χ4n) is 6.97. The summed E-state index contributed by atoms with van der Waals surface area (Å²) in [6, 6.07) is 1.71. The maximum absolute atomic E-state index is 16.5. The van der Waals surface area contributed by atoms with Crippen LogP contribution in [0.3, 0.4) is 0 Å². The van der Waals surface area contributed by atoms with Gasteiger partial charge in [0, 0.05) is 30.8 Å². The lowest BCUT2D eigenvalue weighted by Crippen LogP contribution is -2.44. The Labute approximate surface area is 249 Å². The minimum atomic E-state index is -4.92. The highest BCUT2D eigenvalue weighted by atomic mass is 35.5. The molecule has 3 atom stereocenters. The third-order valence-corrected chi connectivity index (χ3v) is 9.30. The number of aromatic nitrogens is 3. The molecule has 3 aromatic rings. The first-order valence-electron chi connectivity index (χ1n) is 14.0. The lowest BCUT2D eigenvalue weighted by atomic mass is 9.94. The number of hydrogen-bond acceptors (Lipinski definition) is 9. The molecule has 6 heterocycles. The summed E-state index contributed by atoms with van der Waals surface area (Å²) in [5.74, 6) is -1.02. The topological polar surface area (TPSA) is 98.9 Å². The minimum absolute atomic E-state index is 0.0884. The van der Waals surface area contributed by atoms with E-state index in [0.29, 0.717) is 13.2 Å². The van der Waals surface area contributed by atoms with Crippen LogP contribution in [0.5, 0.6) is 11.9 Å². The predicted octanol–water partition coefficient (Wildman–Crippen LogP) is 5.10. The fraction of sp³-hybridized carbons (Fsp3) is 0.483. The normalized spacial score (nSPS) is 25.4. The summed E-state index contributed by atoms with van der Waals surface area (Å²) in [4.78, 5) is 17.6. The first-order valence-corrected chi connectivity index (χ1v) is 14.4. The summed E-state index contributed by atoms with van der Waals surface area (Å²) in [5.41, 5.74) is 3.82. The van der Waals surface area contributed by atoms with Crippen molar-refractivity contribution in [2.75, 3.05) is 57.2 Å². The van der Waals surface area contributed by atoms with Crippen LogP contribution in [0, 0.1) is 11.7 Å². The standard InChI is InChI=1S/C29H29ClF4N6O3/c1-14-8-28(4-3-5-40(28)9-14)13-43-27-37-24-20-25(38-27)39(2)19-12-41-10-15(19)11-42-26(20)36-23(22(24)31)17-6-16(35)7-18(30)21(17)29(32,33)34/h6-7,15,19H,1,3-5,8-13,35H2,2H3/t15-,19+,28-/m0/s1. The average molecular weight is 621 g/mol. The van der Waals surface area contributed by atoms with Crippen LogP contribution in [0.1, 0.15) is 24.8 Å². The van der Waals surface area contributed by atoms with E-state index in [1.807, 2.05) is 4.90 Å². The van der Waals surface area contributed by atoms with Crippen molar-refractivity contribution >= 4 is 34.0 Å². The summed E-state index contributed by atoms with van der Waals surface area (Å²) in [5, 5.41) is -0.552. The van der Waals surface area contributed by atoms with Gasteiger partial charge in [0.2, 0.25) is 5.88 Å². The van der Waals surface area contributed by atoms with Crippen molar-refractivity contribution in [3.63, 3.8) is 0 Å². The number of fused-ring (bicyclic) bond motifs is 2. The van der Waals surface area contributed by atoms with E-state index in [0.717, 1.165) is 50.1 Å². The summed E-state index contributed by atoms with van der Waals surface area (Å²) >= 11 is 6.00. The van der Waals surface area contributed by atoms with Crippen molar-refractivity contribution in [3.05, 3.63) is 40.7 Å². The zero-order valence-corrected chi connectivity index (χ0v) is 24.1. The zero-order chi connectivity index (χ0) is 30.3. The lowest BCUT2D eigenvalue weighted by Gasteiger charge is -2.33. The van der Waals surface area contributed by atoms with Gasteiger partial charge in [-0.3, -0.25) is 4.90 Å². The largest absolute Gasteiger partial charge is 0.477 e. The molecule has 1 aromatic carbocycles. The highest BCUT2D eigenvalue weighted by Gasteiger charge is 2.47. The molecule has 0 saturated carbocycles. The number of ether oxygens (including phenoxy) is 3. The Morgan fingerprint density at radius 2 is 2.02 bits per heavy atom. The Bertz CT molecular complexity index is 1660. The van der Waals surface area contributed by atoms with Crippen LogP contribution >= 0.6 is 11.6 Å². The van der Waals surface area contributed by atoms with Crippen LogP contribution in [-0.4, -0.2) is 78.0 Å². The molecule has 3 saturated heterocycles. The third kappa shape index (κ3) is 4.63. The molecule has 0 spiro atoms. The van der Waals surface area contributed by atoms with Crippen molar-refractivity contribution in [1.29, 1.82) is 0 Å². The second-order valence-electron chi connectivity index (χ2n) is 11.8. The Morgan fingerprint density at radius 1 is 1.21 bits per heavy atom. The second-order valence-corrected chi connectivity index (χ2v) is 12.2. The molecule has 7 rings (SSSR count). The van der Waals surface area contributed by atoms with Gasteiger partial charge in [-0.2, -0.15) is 23.1 Å². The highest BCUT2D eigenvalue weighted by molar-refractivity contribution is 6.32. The number of likely N-dealkylation sites (N-methyl/N-ethyl adjacent to an activating group) is 1. The molecule has 3 fully saturated rings. The molecule has 43 heavy (non-hydrogen) atoms. The van der Waals surface area contributed by atoms with E-state index >= 15 is 4.39 Å². The van der Waals surface area contributed by atoms with Gasteiger partial charge in [-0.15, -0.1) is 0 Å². The summed E-state index contributed by atoms with van der Waals surface area (Å²) in [7, 11) is 1.80. The molecule has 0 radical (unpaired) electrons. The van der Waals surface area contributed by atoms with Gasteiger partial charge in [0.05, 0.1) is 42.0 Å². The number of nitrogen functional groups attached to an aromatic ring is 1. The second kappa shape index (κ2) is 10.1. The molecule has 0 amide bonds. The van der Waals surface area contributed by atoms with Crippen LogP contribution in [0.4, 0.5) is 29.1 Å². The van der Waals surface area contributed by atoms with Gasteiger partial charge >= 0.3 is 12.2 Å². The zero-order valence-electron chi connectivity index (χ0n) is 23.3. The van der Waals surface area contributed by atoms with Gasteiger partial charge in [0.1, 0.15) is 29.0 Å². The fourth-order valence-corrected chi connectivity index (χ4v) is 7.31. The molecular weight excluding hydrogens is 592 g/mol. The molecular formula is C29H29ClF4N6O3. The molecule has 4 aliphatic rings. The number of nitrogens with zero attached hydrogens (tertiary/aromatic N) is 5. The Kier molecular flexibility index (Phi) is 6.64. The molecule has 2 N–H and O–H groups in total. The van der Waals surface area contributed by atoms with Crippen LogP contribution in [0.2, 0.25) is 5.02 Å². The molecule has 9 nitrogen and oxygen atoms in total. The number of halogens is 5. The maximum atomic E-state index is 16.5. The number of rotatable bonds is 4. The van der Waals surface area contributed by atoms with Crippen LogP contribution in [0.15, 0.2) is 24.3 Å². The molecule has 228 valence electrons. The van der Waals surface area contributed by atoms with E-state index in [9.17, 15) is 13.2 Å². The van der Waals surface area contributed by atoms with E-state index < -0.39 is 33.8 Å². The lowest BCUT2D eigenvalue weighted by molar-refractivity contribution is -0.137. The van der Waals surface area contributed by atoms with Crippen molar-refractivity contribution in [1.82, 2.24) is 19.9 Å². The molecule has 2 aromatic heterocycles. The first-order chi connectivity index (χ1) is 20.4. The van der Waals surface area contributed by atoms with Crippen molar-refractivity contribution in [2.24, 2.45) is 5.92 Å². The predicted molar refractivity (Wildman–Crippen MR) is 152 cm³/mol. The van der Waals surface area contributed by atoms with E-state index in [1.165, 1.54) is 0 Å². The van der Waals surface area contributed by atoms with Gasteiger partial charge < -0.3 is 24.8 Å². The third-order valence-electron chi connectivity index (χ3n) is 9.00. The number of benzene rings is 1. The minimum Gasteiger partial charge on any atom is -0.477 e.